The number of nitrogens with zero attached hydrogens (tertiary/aromatic N) is 4. The lowest BCUT2D eigenvalue weighted by atomic mass is 10.00. The van der Waals surface area contributed by atoms with Gasteiger partial charge in [0.2, 0.25) is 0 Å². The Balaban J connectivity index is 1.46. The first-order chi connectivity index (χ1) is 14.9. The van der Waals surface area contributed by atoms with Crippen LogP contribution in [-0.4, -0.2) is 80.1 Å². The first kappa shape index (κ1) is 21.3. The van der Waals surface area contributed by atoms with Crippen molar-refractivity contribution < 1.29 is 14.1 Å². The second-order valence-electron chi connectivity index (χ2n) is 8.40. The smallest absolute Gasteiger partial charge is 0.314 e. The van der Waals surface area contributed by atoms with Crippen molar-refractivity contribution in [3.8, 4) is 0 Å². The predicted molar refractivity (Wildman–Crippen MR) is 118 cm³/mol. The summed E-state index contributed by atoms with van der Waals surface area (Å²) >= 11 is 0. The number of anilines is 2. The Morgan fingerprint density at radius 2 is 1.87 bits per heavy atom. The molecule has 9 heteroatoms. The van der Waals surface area contributed by atoms with Gasteiger partial charge in [0.25, 0.3) is 0 Å². The largest absolute Gasteiger partial charge is 0.374 e. The molecule has 166 valence electrons. The molecule has 0 saturated carbocycles. The molecule has 4 rings (SSSR count). The van der Waals surface area contributed by atoms with Crippen LogP contribution < -0.4 is 15.5 Å². The van der Waals surface area contributed by atoms with Gasteiger partial charge in [-0.3, -0.25) is 19.8 Å². The zero-order valence-electron chi connectivity index (χ0n) is 18.4. The number of piperazine rings is 1. The number of benzene rings is 1. The quantitative estimate of drug-likeness (QED) is 0.690. The van der Waals surface area contributed by atoms with Crippen LogP contribution >= 0.6 is 0 Å². The zero-order valence-corrected chi connectivity index (χ0v) is 18.4. The Morgan fingerprint density at radius 1 is 1.10 bits per heavy atom. The number of fused-ring (bicyclic) bond motifs is 1. The van der Waals surface area contributed by atoms with Crippen LogP contribution in [-0.2, 0) is 16.0 Å². The number of nitrogens with one attached hydrogen (secondary N) is 2. The van der Waals surface area contributed by atoms with Gasteiger partial charge in [-0.25, -0.2) is 0 Å². The van der Waals surface area contributed by atoms with E-state index in [0.29, 0.717) is 12.3 Å². The average molecular weight is 427 g/mol. The molecule has 0 spiro atoms. The number of carbonyl (C=O) groups is 2. The lowest BCUT2D eigenvalue weighted by molar-refractivity contribution is -0.136. The number of aryl methyl sites for hydroxylation is 1. The standard InChI is InChI=1S/C22H30N6O3/c1-15-12-20(25-31-15)24-22(30)21(29)23-14-19(28-10-8-26(2)9-11-28)16-4-5-18-17(13-16)6-7-27(18)3/h4-5,12-13,19H,6-11,14H2,1-3H3,(H,23,29)(H,24,25,30). The van der Waals surface area contributed by atoms with Gasteiger partial charge in [-0.05, 0) is 37.6 Å². The molecular weight excluding hydrogens is 396 g/mol. The van der Waals surface area contributed by atoms with Gasteiger partial charge in [0, 0.05) is 58.1 Å². The number of likely N-dealkylation sites (N-methyl/N-ethyl adjacent to an activating group) is 2. The van der Waals surface area contributed by atoms with Crippen molar-refractivity contribution in [2.45, 2.75) is 19.4 Å². The second kappa shape index (κ2) is 9.07. The van der Waals surface area contributed by atoms with Crippen molar-refractivity contribution in [2.24, 2.45) is 0 Å². The van der Waals surface area contributed by atoms with E-state index in [0.717, 1.165) is 39.1 Å². The van der Waals surface area contributed by atoms with Gasteiger partial charge in [-0.15, -0.1) is 0 Å². The monoisotopic (exact) mass is 426 g/mol. The Hall–Kier alpha value is -2.91. The molecule has 2 aliphatic heterocycles. The van der Waals surface area contributed by atoms with E-state index in [1.165, 1.54) is 16.8 Å². The summed E-state index contributed by atoms with van der Waals surface area (Å²) in [6.07, 6.45) is 1.03. The fourth-order valence-corrected chi connectivity index (χ4v) is 4.25. The first-order valence-corrected chi connectivity index (χ1v) is 10.7. The van der Waals surface area contributed by atoms with Gasteiger partial charge >= 0.3 is 11.8 Å². The summed E-state index contributed by atoms with van der Waals surface area (Å²) in [5.74, 6) is -0.634. The topological polar surface area (TPSA) is 94.0 Å². The molecule has 0 bridgehead atoms. The molecule has 2 aromatic rings. The van der Waals surface area contributed by atoms with Gasteiger partial charge in [-0.1, -0.05) is 17.3 Å². The average Bonchev–Trinajstić information content (AvgIpc) is 3.34. The van der Waals surface area contributed by atoms with Crippen LogP contribution in [0.5, 0.6) is 0 Å². The molecule has 31 heavy (non-hydrogen) atoms. The summed E-state index contributed by atoms with van der Waals surface area (Å²) in [5, 5.41) is 8.98. The summed E-state index contributed by atoms with van der Waals surface area (Å²) in [5.41, 5.74) is 3.78. The minimum Gasteiger partial charge on any atom is -0.374 e. The van der Waals surface area contributed by atoms with E-state index in [1.807, 2.05) is 0 Å². The Bertz CT molecular complexity index is 950. The molecule has 3 heterocycles. The molecule has 2 N–H and O–H groups in total. The second-order valence-corrected chi connectivity index (χ2v) is 8.40. The third-order valence-corrected chi connectivity index (χ3v) is 6.13. The van der Waals surface area contributed by atoms with Gasteiger partial charge in [0.05, 0.1) is 6.04 Å². The number of hydrogen-bond donors (Lipinski definition) is 2. The fourth-order valence-electron chi connectivity index (χ4n) is 4.25. The molecule has 1 unspecified atom stereocenters. The highest BCUT2D eigenvalue weighted by molar-refractivity contribution is 6.39. The Labute approximate surface area is 182 Å². The highest BCUT2D eigenvalue weighted by atomic mass is 16.5. The van der Waals surface area contributed by atoms with E-state index >= 15 is 0 Å². The third-order valence-electron chi connectivity index (χ3n) is 6.13. The normalized spacial score (nSPS) is 18.0. The van der Waals surface area contributed by atoms with E-state index in [1.54, 1.807) is 13.0 Å². The van der Waals surface area contributed by atoms with E-state index in [9.17, 15) is 9.59 Å². The first-order valence-electron chi connectivity index (χ1n) is 10.7. The molecule has 1 aromatic carbocycles. The van der Waals surface area contributed by atoms with Crippen LogP contribution in [0.3, 0.4) is 0 Å². The van der Waals surface area contributed by atoms with Gasteiger partial charge < -0.3 is 19.6 Å². The lowest BCUT2D eigenvalue weighted by Crippen LogP contribution is -2.49. The Kier molecular flexibility index (Phi) is 6.24. The number of aromatic nitrogens is 1. The van der Waals surface area contributed by atoms with Gasteiger partial charge in [-0.2, -0.15) is 0 Å². The SMILES string of the molecule is Cc1cc(NC(=O)C(=O)NCC(c2ccc3c(c2)CCN3C)N2CCN(C)CC2)no1. The van der Waals surface area contributed by atoms with Gasteiger partial charge in [0.1, 0.15) is 5.76 Å². The van der Waals surface area contributed by atoms with Crippen LogP contribution in [0.4, 0.5) is 11.5 Å². The summed E-state index contributed by atoms with van der Waals surface area (Å²) in [7, 11) is 4.23. The van der Waals surface area contributed by atoms with Crippen LogP contribution in [0.2, 0.25) is 0 Å². The number of rotatable bonds is 5. The molecule has 2 aliphatic rings. The minimum atomic E-state index is -0.749. The zero-order chi connectivity index (χ0) is 22.0. The van der Waals surface area contributed by atoms with Crippen LogP contribution in [0, 0.1) is 6.92 Å². The maximum absolute atomic E-state index is 12.4. The lowest BCUT2D eigenvalue weighted by Gasteiger charge is -2.38. The summed E-state index contributed by atoms with van der Waals surface area (Å²) in [6, 6.07) is 8.15. The van der Waals surface area contributed by atoms with E-state index in [4.69, 9.17) is 4.52 Å². The van der Waals surface area contributed by atoms with Crippen molar-refractivity contribution in [2.75, 3.05) is 63.6 Å². The summed E-state index contributed by atoms with van der Waals surface area (Å²) in [4.78, 5) is 31.6. The number of amides is 2. The molecule has 1 fully saturated rings. The summed E-state index contributed by atoms with van der Waals surface area (Å²) < 4.78 is 4.92. The molecule has 2 amide bonds. The molecular formula is C22H30N6O3. The Morgan fingerprint density at radius 3 is 2.58 bits per heavy atom. The maximum Gasteiger partial charge on any atom is 0.314 e. The molecule has 9 nitrogen and oxygen atoms in total. The van der Waals surface area contributed by atoms with Crippen molar-refractivity contribution in [3.05, 3.63) is 41.2 Å². The van der Waals surface area contributed by atoms with Crippen molar-refractivity contribution in [1.29, 1.82) is 0 Å². The molecule has 1 saturated heterocycles. The third kappa shape index (κ3) is 4.88. The van der Waals surface area contributed by atoms with E-state index in [-0.39, 0.29) is 11.9 Å². The highest BCUT2D eigenvalue weighted by Crippen LogP contribution is 2.31. The van der Waals surface area contributed by atoms with E-state index in [2.05, 4.69) is 62.8 Å². The minimum absolute atomic E-state index is 0.0101. The van der Waals surface area contributed by atoms with Crippen molar-refractivity contribution in [1.82, 2.24) is 20.3 Å². The van der Waals surface area contributed by atoms with Crippen LogP contribution in [0.25, 0.3) is 0 Å². The predicted octanol–water partition coefficient (Wildman–Crippen LogP) is 1.02. The van der Waals surface area contributed by atoms with Crippen molar-refractivity contribution >= 4 is 23.3 Å². The fraction of sp³-hybridized carbons (Fsp3) is 0.500. The van der Waals surface area contributed by atoms with E-state index < -0.39 is 11.8 Å². The van der Waals surface area contributed by atoms with Crippen LogP contribution in [0.1, 0.15) is 22.9 Å². The highest BCUT2D eigenvalue weighted by Gasteiger charge is 2.27. The number of carbonyl (C=O) groups excluding carboxylic acids is 2. The molecule has 0 aliphatic carbocycles. The summed E-state index contributed by atoms with van der Waals surface area (Å²) in [6.45, 7) is 6.89. The molecule has 0 radical (unpaired) electrons. The maximum atomic E-state index is 12.4. The van der Waals surface area contributed by atoms with Gasteiger partial charge in [0.15, 0.2) is 5.82 Å². The number of hydrogen-bond acceptors (Lipinski definition) is 7. The van der Waals surface area contributed by atoms with Crippen LogP contribution in [0.15, 0.2) is 28.8 Å². The molecule has 1 aromatic heterocycles. The molecule has 1 atom stereocenters. The van der Waals surface area contributed by atoms with Crippen molar-refractivity contribution in [3.63, 3.8) is 0 Å².